The second-order valence-corrected chi connectivity index (χ2v) is 6.27. The number of rotatable bonds is 11. The average Bonchev–Trinajstić information content (AvgIpc) is 3.47. The summed E-state index contributed by atoms with van der Waals surface area (Å²) in [4.78, 5) is 36.5. The van der Waals surface area contributed by atoms with Crippen molar-refractivity contribution in [2.45, 2.75) is 44.4 Å². The molecule has 2 amide bonds. The molecule has 8 nitrogen and oxygen atoms in total. The van der Waals surface area contributed by atoms with Crippen LogP contribution in [0.2, 0.25) is 0 Å². The van der Waals surface area contributed by atoms with E-state index in [1.165, 1.54) is 0 Å². The number of nitrogens with two attached hydrogens (primary N) is 1. The third kappa shape index (κ3) is 7.46. The van der Waals surface area contributed by atoms with Crippen LogP contribution >= 0.6 is 12.4 Å². The number of unbranched alkanes of at least 4 members (excludes halogenated alkanes) is 1. The molecule has 0 aromatic heterocycles. The van der Waals surface area contributed by atoms with E-state index in [0.717, 1.165) is 18.4 Å². The maximum absolute atomic E-state index is 12.5. The molecule has 4 N–H and O–H groups in total. The summed E-state index contributed by atoms with van der Waals surface area (Å²) in [5.74, 6) is -1.34. The van der Waals surface area contributed by atoms with Crippen molar-refractivity contribution in [1.82, 2.24) is 10.6 Å². The lowest BCUT2D eigenvalue weighted by atomic mass is 10.0. The van der Waals surface area contributed by atoms with Crippen LogP contribution in [0.15, 0.2) is 30.3 Å². The third-order valence-corrected chi connectivity index (χ3v) is 4.11. The minimum absolute atomic E-state index is 0. The fourth-order valence-corrected chi connectivity index (χ4v) is 2.63. The number of halogens is 1. The molecular weight excluding hydrogens is 386 g/mol. The van der Waals surface area contributed by atoms with Gasteiger partial charge in [0.05, 0.1) is 6.61 Å². The summed E-state index contributed by atoms with van der Waals surface area (Å²) in [6, 6.07) is 8.63. The smallest absolute Gasteiger partial charge is 0.338 e. The van der Waals surface area contributed by atoms with Crippen molar-refractivity contribution in [1.29, 1.82) is 0 Å². The average molecular weight is 414 g/mol. The molecule has 0 radical (unpaired) electrons. The summed E-state index contributed by atoms with van der Waals surface area (Å²) in [5, 5.41) is 5.50. The van der Waals surface area contributed by atoms with Gasteiger partial charge in [-0.3, -0.25) is 9.59 Å². The number of hydrogen-bond acceptors (Lipinski definition) is 6. The third-order valence-electron chi connectivity index (χ3n) is 4.11. The Kier molecular flexibility index (Phi) is 10.5. The molecule has 1 fully saturated rings. The molecule has 28 heavy (non-hydrogen) atoms. The Labute approximate surface area is 170 Å². The van der Waals surface area contributed by atoms with Gasteiger partial charge < -0.3 is 25.8 Å². The van der Waals surface area contributed by atoms with Gasteiger partial charge in [0, 0.05) is 13.0 Å². The van der Waals surface area contributed by atoms with E-state index in [1.54, 1.807) is 6.92 Å². The van der Waals surface area contributed by atoms with Crippen molar-refractivity contribution >= 4 is 30.2 Å². The highest BCUT2D eigenvalue weighted by atomic mass is 35.5. The van der Waals surface area contributed by atoms with Crippen molar-refractivity contribution < 1.29 is 23.9 Å². The van der Waals surface area contributed by atoms with Crippen molar-refractivity contribution in [3.05, 3.63) is 35.9 Å². The topological polar surface area (TPSA) is 123 Å². The van der Waals surface area contributed by atoms with Gasteiger partial charge in [-0.1, -0.05) is 30.3 Å². The highest BCUT2D eigenvalue weighted by Gasteiger charge is 2.52. The van der Waals surface area contributed by atoms with Crippen LogP contribution in [0.1, 0.15) is 25.3 Å². The lowest BCUT2D eigenvalue weighted by Gasteiger charge is -2.18. The first kappa shape index (κ1) is 23.9. The standard InChI is InChI=1S/C19H27N3O5.ClH/c1-2-26-19(25)16-15(27-16)18(24)22-14(12-13-8-4-3-5-9-13)17(23)21-11-7-6-10-20;/h3-5,8-9,14-16H,2,6-7,10-12,20H2,1H3,(H,21,23)(H,22,24);1H/t14-,15-,16-;/m0./s1. The number of epoxide rings is 1. The molecule has 156 valence electrons. The molecule has 1 aromatic carbocycles. The summed E-state index contributed by atoms with van der Waals surface area (Å²) < 4.78 is 9.94. The van der Waals surface area contributed by atoms with Gasteiger partial charge in [0.15, 0.2) is 12.2 Å². The highest BCUT2D eigenvalue weighted by molar-refractivity contribution is 5.95. The number of esters is 1. The minimum atomic E-state index is -0.910. The molecule has 0 spiro atoms. The predicted molar refractivity (Wildman–Crippen MR) is 106 cm³/mol. The molecule has 0 saturated carbocycles. The zero-order valence-electron chi connectivity index (χ0n) is 15.9. The SMILES string of the molecule is CCOC(=O)[C@H]1O[C@@H]1C(=O)N[C@@H](Cc1ccccc1)C(=O)NCCCCN.Cl. The zero-order valence-corrected chi connectivity index (χ0v) is 16.7. The number of ether oxygens (including phenoxy) is 2. The molecule has 1 aliphatic heterocycles. The number of hydrogen-bond donors (Lipinski definition) is 3. The number of amides is 2. The van der Waals surface area contributed by atoms with Gasteiger partial charge in [0.25, 0.3) is 5.91 Å². The number of carbonyl (C=O) groups excluding carboxylic acids is 3. The molecule has 0 bridgehead atoms. The second kappa shape index (κ2) is 12.3. The number of carbonyl (C=O) groups is 3. The molecule has 1 heterocycles. The number of nitrogens with one attached hydrogen (secondary N) is 2. The van der Waals surface area contributed by atoms with Gasteiger partial charge in [0.1, 0.15) is 6.04 Å². The van der Waals surface area contributed by atoms with Crippen LogP contribution in [0.25, 0.3) is 0 Å². The quantitative estimate of drug-likeness (QED) is 0.273. The fourth-order valence-electron chi connectivity index (χ4n) is 2.63. The van der Waals surface area contributed by atoms with Gasteiger partial charge in [-0.25, -0.2) is 4.79 Å². The van der Waals surface area contributed by atoms with E-state index in [0.29, 0.717) is 19.5 Å². The molecule has 1 aromatic rings. The van der Waals surface area contributed by atoms with Crippen LogP contribution in [0.5, 0.6) is 0 Å². The molecule has 1 saturated heterocycles. The molecule has 0 aliphatic carbocycles. The van der Waals surface area contributed by atoms with Crippen molar-refractivity contribution in [2.24, 2.45) is 5.73 Å². The Morgan fingerprint density at radius 1 is 1.18 bits per heavy atom. The maximum atomic E-state index is 12.5. The van der Waals surface area contributed by atoms with Gasteiger partial charge in [-0.05, 0) is 31.9 Å². The van der Waals surface area contributed by atoms with Crippen LogP contribution in [0.4, 0.5) is 0 Å². The van der Waals surface area contributed by atoms with E-state index in [2.05, 4.69) is 10.6 Å². The Balaban J connectivity index is 0.00000392. The Hall–Kier alpha value is -2.16. The first-order valence-electron chi connectivity index (χ1n) is 9.21. The Morgan fingerprint density at radius 3 is 2.54 bits per heavy atom. The molecule has 0 unspecified atom stereocenters. The van der Waals surface area contributed by atoms with Crippen molar-refractivity contribution in [3.8, 4) is 0 Å². The highest BCUT2D eigenvalue weighted by Crippen LogP contribution is 2.23. The van der Waals surface area contributed by atoms with E-state index in [-0.39, 0.29) is 24.9 Å². The van der Waals surface area contributed by atoms with E-state index in [1.807, 2.05) is 30.3 Å². The van der Waals surface area contributed by atoms with E-state index in [4.69, 9.17) is 15.2 Å². The normalized spacial score (nSPS) is 18.4. The number of benzene rings is 1. The Morgan fingerprint density at radius 2 is 1.89 bits per heavy atom. The summed E-state index contributed by atoms with van der Waals surface area (Å²) in [5.41, 5.74) is 6.37. The van der Waals surface area contributed by atoms with Gasteiger partial charge in [0.2, 0.25) is 5.91 Å². The zero-order chi connectivity index (χ0) is 19.6. The van der Waals surface area contributed by atoms with Crippen LogP contribution < -0.4 is 16.4 Å². The lowest BCUT2D eigenvalue weighted by molar-refractivity contribution is -0.144. The van der Waals surface area contributed by atoms with Gasteiger partial charge in [-0.2, -0.15) is 0 Å². The molecular formula is C19H28ClN3O5. The summed E-state index contributed by atoms with van der Waals surface area (Å²) in [7, 11) is 0. The van der Waals surface area contributed by atoms with Gasteiger partial charge >= 0.3 is 5.97 Å². The van der Waals surface area contributed by atoms with Crippen LogP contribution in [-0.4, -0.2) is 55.7 Å². The molecule has 3 atom stereocenters. The van der Waals surface area contributed by atoms with E-state index >= 15 is 0 Å². The second-order valence-electron chi connectivity index (χ2n) is 6.27. The fraction of sp³-hybridized carbons (Fsp3) is 0.526. The van der Waals surface area contributed by atoms with Crippen LogP contribution in [0, 0.1) is 0 Å². The maximum Gasteiger partial charge on any atom is 0.338 e. The van der Waals surface area contributed by atoms with E-state index in [9.17, 15) is 14.4 Å². The summed E-state index contributed by atoms with van der Waals surface area (Å²) in [6.07, 6.45) is 0.117. The predicted octanol–water partition coefficient (Wildman–Crippen LogP) is 0.321. The van der Waals surface area contributed by atoms with Crippen LogP contribution in [0.3, 0.4) is 0 Å². The first-order valence-corrected chi connectivity index (χ1v) is 9.21. The molecule has 1 aliphatic rings. The summed E-state index contributed by atoms with van der Waals surface area (Å²) in [6.45, 7) is 2.95. The lowest BCUT2D eigenvalue weighted by Crippen LogP contribution is -2.49. The monoisotopic (exact) mass is 413 g/mol. The molecule has 2 rings (SSSR count). The summed E-state index contributed by atoms with van der Waals surface area (Å²) >= 11 is 0. The van der Waals surface area contributed by atoms with E-state index < -0.39 is 30.1 Å². The van der Waals surface area contributed by atoms with Crippen molar-refractivity contribution in [3.63, 3.8) is 0 Å². The largest absolute Gasteiger partial charge is 0.464 e. The minimum Gasteiger partial charge on any atom is -0.464 e. The molecule has 9 heteroatoms. The van der Waals surface area contributed by atoms with Crippen LogP contribution in [-0.2, 0) is 30.3 Å². The first-order chi connectivity index (χ1) is 13.1. The van der Waals surface area contributed by atoms with Gasteiger partial charge in [-0.15, -0.1) is 12.4 Å². The van der Waals surface area contributed by atoms with Crippen molar-refractivity contribution in [2.75, 3.05) is 19.7 Å². The Bertz CT molecular complexity index is 644.